The summed E-state index contributed by atoms with van der Waals surface area (Å²) in [4.78, 5) is 39.3. The molecule has 0 aromatic heterocycles. The number of nitrogens with one attached hydrogen (secondary N) is 2. The predicted molar refractivity (Wildman–Crippen MR) is 112 cm³/mol. The molecule has 0 saturated carbocycles. The number of ketones is 1. The highest BCUT2D eigenvalue weighted by Crippen LogP contribution is 2.23. The smallest absolute Gasteiger partial charge is 0.245 e. The number of nitrogens with zero attached hydrogens (tertiary/aromatic N) is 1. The fourth-order valence-corrected chi connectivity index (χ4v) is 3.18. The molecule has 7 heteroatoms. The number of carbonyl (C=O) groups is 3. The van der Waals surface area contributed by atoms with Crippen molar-refractivity contribution < 1.29 is 19.1 Å². The van der Waals surface area contributed by atoms with Crippen molar-refractivity contribution in [3.63, 3.8) is 0 Å². The maximum absolute atomic E-state index is 13.4. The molecule has 0 unspecified atom stereocenters. The standard InChI is InChI=1S/C21H41N3O4/c1-11-14(4)18(16(28-10)12-15(5)25)24(9)19(26)17(13(2)3)23-20(27)21(6,7)22-8/h13-14,16-18,22H,11-12H2,1-10H3,(H,23,27)/t14-,16+,17-,18-/m0/s1. The van der Waals surface area contributed by atoms with Gasteiger partial charge in [0.05, 0.1) is 17.7 Å². The number of ether oxygens (including phenoxy) is 1. The van der Waals surface area contributed by atoms with Gasteiger partial charge in [0.1, 0.15) is 11.8 Å². The second kappa shape index (κ2) is 11.5. The third-order valence-electron chi connectivity index (χ3n) is 5.61. The van der Waals surface area contributed by atoms with Gasteiger partial charge in [-0.1, -0.05) is 34.1 Å². The lowest BCUT2D eigenvalue weighted by Crippen LogP contribution is -2.60. The molecule has 4 atom stereocenters. The van der Waals surface area contributed by atoms with Gasteiger partial charge < -0.3 is 20.3 Å². The Morgan fingerprint density at radius 1 is 1.14 bits per heavy atom. The maximum Gasteiger partial charge on any atom is 0.245 e. The van der Waals surface area contributed by atoms with Crippen molar-refractivity contribution in [1.82, 2.24) is 15.5 Å². The molecule has 0 spiro atoms. The highest BCUT2D eigenvalue weighted by atomic mass is 16.5. The second-order valence-corrected chi connectivity index (χ2v) is 8.58. The van der Waals surface area contributed by atoms with E-state index >= 15 is 0 Å². The van der Waals surface area contributed by atoms with Crippen LogP contribution in [0.25, 0.3) is 0 Å². The largest absolute Gasteiger partial charge is 0.379 e. The second-order valence-electron chi connectivity index (χ2n) is 8.58. The Bertz CT molecular complexity index is 534. The Balaban J connectivity index is 5.73. The Labute approximate surface area is 170 Å². The van der Waals surface area contributed by atoms with Gasteiger partial charge in [-0.25, -0.2) is 0 Å². The van der Waals surface area contributed by atoms with Crippen molar-refractivity contribution in [2.24, 2.45) is 11.8 Å². The molecule has 0 aromatic rings. The van der Waals surface area contributed by atoms with Crippen molar-refractivity contribution in [3.05, 3.63) is 0 Å². The summed E-state index contributed by atoms with van der Waals surface area (Å²) in [6.07, 6.45) is 0.693. The quantitative estimate of drug-likeness (QED) is 0.524. The van der Waals surface area contributed by atoms with Crippen molar-refractivity contribution in [1.29, 1.82) is 0 Å². The Morgan fingerprint density at radius 2 is 1.68 bits per heavy atom. The molecular weight excluding hydrogens is 358 g/mol. The average Bonchev–Trinajstić information content (AvgIpc) is 2.63. The lowest BCUT2D eigenvalue weighted by molar-refractivity contribution is -0.144. The fourth-order valence-electron chi connectivity index (χ4n) is 3.18. The van der Waals surface area contributed by atoms with Gasteiger partial charge in [-0.15, -0.1) is 0 Å². The van der Waals surface area contributed by atoms with E-state index in [1.807, 2.05) is 27.7 Å². The molecule has 0 aliphatic rings. The Hall–Kier alpha value is -1.47. The van der Waals surface area contributed by atoms with Crippen LogP contribution in [0.1, 0.15) is 61.3 Å². The number of Topliss-reactive ketones (excluding diaryl/α,β-unsaturated/α-hetero) is 1. The van der Waals surface area contributed by atoms with Crippen LogP contribution in [-0.2, 0) is 19.1 Å². The molecule has 28 heavy (non-hydrogen) atoms. The van der Waals surface area contributed by atoms with Gasteiger partial charge in [-0.3, -0.25) is 14.4 Å². The molecule has 0 rings (SSSR count). The topological polar surface area (TPSA) is 87.7 Å². The molecule has 0 aliphatic carbocycles. The SMILES string of the molecule is CC[C@H](C)[C@@H]([C@@H](CC(C)=O)OC)N(C)C(=O)[C@@H](NC(=O)C(C)(C)NC)C(C)C. The minimum absolute atomic E-state index is 0.0190. The molecule has 0 bridgehead atoms. The predicted octanol–water partition coefficient (Wildman–Crippen LogP) is 1.99. The van der Waals surface area contributed by atoms with E-state index in [2.05, 4.69) is 10.6 Å². The summed E-state index contributed by atoms with van der Waals surface area (Å²) < 4.78 is 5.60. The van der Waals surface area contributed by atoms with Crippen LogP contribution in [-0.4, -0.2) is 67.4 Å². The molecule has 0 aromatic carbocycles. The van der Waals surface area contributed by atoms with E-state index in [4.69, 9.17) is 4.74 Å². The number of hydrogen-bond acceptors (Lipinski definition) is 5. The van der Waals surface area contributed by atoms with Crippen molar-refractivity contribution in [2.45, 2.75) is 85.0 Å². The number of carbonyl (C=O) groups excluding carboxylic acids is 3. The molecular formula is C21H41N3O4. The van der Waals surface area contributed by atoms with Crippen molar-refractivity contribution in [3.8, 4) is 0 Å². The summed E-state index contributed by atoms with van der Waals surface area (Å²) in [7, 11) is 5.01. The van der Waals surface area contributed by atoms with Crippen LogP contribution in [0.4, 0.5) is 0 Å². The number of likely N-dealkylation sites (N-methyl/N-ethyl adjacent to an activating group) is 2. The van der Waals surface area contributed by atoms with Gasteiger partial charge in [0.2, 0.25) is 11.8 Å². The van der Waals surface area contributed by atoms with Crippen LogP contribution in [0, 0.1) is 11.8 Å². The zero-order chi connectivity index (χ0) is 22.2. The minimum Gasteiger partial charge on any atom is -0.379 e. The van der Waals surface area contributed by atoms with Crippen LogP contribution in [0.5, 0.6) is 0 Å². The van der Waals surface area contributed by atoms with Crippen LogP contribution in [0.2, 0.25) is 0 Å². The van der Waals surface area contributed by atoms with Gasteiger partial charge >= 0.3 is 0 Å². The Kier molecular flexibility index (Phi) is 10.9. The number of hydrogen-bond donors (Lipinski definition) is 2. The molecule has 0 heterocycles. The van der Waals surface area contributed by atoms with Crippen LogP contribution in [0.3, 0.4) is 0 Å². The number of methoxy groups -OCH3 is 1. The van der Waals surface area contributed by atoms with E-state index in [0.29, 0.717) is 0 Å². The minimum atomic E-state index is -0.786. The maximum atomic E-state index is 13.4. The lowest BCUT2D eigenvalue weighted by Gasteiger charge is -2.40. The van der Waals surface area contributed by atoms with Crippen LogP contribution < -0.4 is 10.6 Å². The van der Waals surface area contributed by atoms with Gasteiger partial charge in [0, 0.05) is 20.6 Å². The summed E-state index contributed by atoms with van der Waals surface area (Å²) >= 11 is 0. The van der Waals surface area contributed by atoms with Gasteiger partial charge in [0.15, 0.2) is 0 Å². The van der Waals surface area contributed by atoms with E-state index < -0.39 is 17.7 Å². The van der Waals surface area contributed by atoms with E-state index in [0.717, 1.165) is 6.42 Å². The Morgan fingerprint density at radius 3 is 2.04 bits per heavy atom. The molecule has 2 N–H and O–H groups in total. The highest BCUT2D eigenvalue weighted by Gasteiger charge is 2.38. The van der Waals surface area contributed by atoms with E-state index in [1.54, 1.807) is 40.0 Å². The first-order valence-corrected chi connectivity index (χ1v) is 10.1. The zero-order valence-corrected chi connectivity index (χ0v) is 19.4. The average molecular weight is 400 g/mol. The highest BCUT2D eigenvalue weighted by molar-refractivity contribution is 5.91. The van der Waals surface area contributed by atoms with E-state index in [-0.39, 0.29) is 41.9 Å². The zero-order valence-electron chi connectivity index (χ0n) is 19.4. The number of amides is 2. The number of rotatable bonds is 12. The van der Waals surface area contributed by atoms with Crippen LogP contribution in [0.15, 0.2) is 0 Å². The summed E-state index contributed by atoms with van der Waals surface area (Å²) in [6.45, 7) is 13.0. The van der Waals surface area contributed by atoms with Crippen LogP contribution >= 0.6 is 0 Å². The van der Waals surface area contributed by atoms with Gasteiger partial charge in [-0.2, -0.15) is 0 Å². The van der Waals surface area contributed by atoms with Crippen molar-refractivity contribution >= 4 is 17.6 Å². The fraction of sp³-hybridized carbons (Fsp3) is 0.857. The van der Waals surface area contributed by atoms with Gasteiger partial charge in [-0.05, 0) is 39.7 Å². The molecule has 7 nitrogen and oxygen atoms in total. The molecule has 0 fully saturated rings. The first-order valence-electron chi connectivity index (χ1n) is 10.1. The normalized spacial score (nSPS) is 16.2. The molecule has 164 valence electrons. The summed E-state index contributed by atoms with van der Waals surface area (Å²) in [6, 6.07) is -0.923. The first-order chi connectivity index (χ1) is 12.8. The van der Waals surface area contributed by atoms with E-state index in [9.17, 15) is 14.4 Å². The summed E-state index contributed by atoms with van der Waals surface area (Å²) in [5, 5.41) is 5.86. The molecule has 2 amide bonds. The molecule has 0 saturated heterocycles. The third-order valence-corrected chi connectivity index (χ3v) is 5.61. The third kappa shape index (κ3) is 7.17. The molecule has 0 radical (unpaired) electrons. The van der Waals surface area contributed by atoms with Crippen molar-refractivity contribution in [2.75, 3.05) is 21.2 Å². The molecule has 0 aliphatic heterocycles. The monoisotopic (exact) mass is 399 g/mol. The lowest BCUT2D eigenvalue weighted by atomic mass is 9.89. The van der Waals surface area contributed by atoms with Gasteiger partial charge in [0.25, 0.3) is 0 Å². The summed E-state index contributed by atoms with van der Waals surface area (Å²) in [5.41, 5.74) is -0.786. The first kappa shape index (κ1) is 26.5. The van der Waals surface area contributed by atoms with E-state index in [1.165, 1.54) is 6.92 Å². The summed E-state index contributed by atoms with van der Waals surface area (Å²) in [5.74, 6) is -0.340.